The normalized spacial score (nSPS) is 10.9. The number of hydrogen-bond donors (Lipinski definition) is 1. The van der Waals surface area contributed by atoms with E-state index in [-0.39, 0.29) is 16.5 Å². The molecule has 0 saturated heterocycles. The van der Waals surface area contributed by atoms with Gasteiger partial charge in [0.05, 0.1) is 15.7 Å². The molecule has 1 heterocycles. The summed E-state index contributed by atoms with van der Waals surface area (Å²) in [6.45, 7) is 0. The molecule has 6 heteroatoms. The second-order valence-electron chi connectivity index (χ2n) is 4.12. The van der Waals surface area contributed by atoms with E-state index in [4.69, 9.17) is 10.2 Å². The van der Waals surface area contributed by atoms with Gasteiger partial charge < -0.3 is 10.2 Å². The lowest BCUT2D eigenvalue weighted by Crippen LogP contribution is -2.03. The standard InChI is InChI=1S/C13H8N2O4/c14-7-1-3-9-12(5-7)19-11-4-2-8(15(17)18)6-10(11)13(9)16/h1-6H,14H2. The van der Waals surface area contributed by atoms with Crippen molar-refractivity contribution in [2.75, 3.05) is 5.73 Å². The van der Waals surface area contributed by atoms with E-state index in [2.05, 4.69) is 0 Å². The third-order valence-electron chi connectivity index (χ3n) is 2.89. The zero-order valence-corrected chi connectivity index (χ0v) is 9.62. The summed E-state index contributed by atoms with van der Waals surface area (Å²) < 4.78 is 5.54. The molecular formula is C13H8N2O4. The van der Waals surface area contributed by atoms with Gasteiger partial charge in [-0.2, -0.15) is 0 Å². The molecule has 3 rings (SSSR count). The highest BCUT2D eigenvalue weighted by atomic mass is 16.6. The minimum Gasteiger partial charge on any atom is -0.456 e. The number of nitrogens with two attached hydrogens (primary N) is 1. The highest BCUT2D eigenvalue weighted by Gasteiger charge is 2.12. The van der Waals surface area contributed by atoms with Crippen LogP contribution >= 0.6 is 0 Å². The highest BCUT2D eigenvalue weighted by Crippen LogP contribution is 2.23. The van der Waals surface area contributed by atoms with Crippen molar-refractivity contribution in [1.29, 1.82) is 0 Å². The van der Waals surface area contributed by atoms with E-state index < -0.39 is 4.92 Å². The van der Waals surface area contributed by atoms with Gasteiger partial charge in [0.1, 0.15) is 11.2 Å². The van der Waals surface area contributed by atoms with Crippen LogP contribution < -0.4 is 11.2 Å². The number of rotatable bonds is 1. The topological polar surface area (TPSA) is 99.4 Å². The van der Waals surface area contributed by atoms with Gasteiger partial charge in [0.25, 0.3) is 5.69 Å². The first kappa shape index (κ1) is 11.2. The summed E-state index contributed by atoms with van der Waals surface area (Å²) in [4.78, 5) is 22.4. The number of non-ortho nitro benzene ring substituents is 1. The number of anilines is 1. The summed E-state index contributed by atoms with van der Waals surface area (Å²) >= 11 is 0. The molecule has 0 saturated carbocycles. The Morgan fingerprint density at radius 2 is 1.84 bits per heavy atom. The fraction of sp³-hybridized carbons (Fsp3) is 0. The lowest BCUT2D eigenvalue weighted by Gasteiger charge is -2.02. The molecule has 0 amide bonds. The number of fused-ring (bicyclic) bond motifs is 2. The Hall–Kier alpha value is -2.89. The zero-order chi connectivity index (χ0) is 13.6. The largest absolute Gasteiger partial charge is 0.456 e. The maximum atomic E-state index is 12.3. The molecule has 3 aromatic rings. The highest BCUT2D eigenvalue weighted by molar-refractivity contribution is 5.91. The first-order valence-electron chi connectivity index (χ1n) is 5.47. The summed E-state index contributed by atoms with van der Waals surface area (Å²) in [7, 11) is 0. The maximum absolute atomic E-state index is 12.3. The monoisotopic (exact) mass is 256 g/mol. The van der Waals surface area contributed by atoms with Crippen molar-refractivity contribution in [3.63, 3.8) is 0 Å². The van der Waals surface area contributed by atoms with E-state index in [0.717, 1.165) is 0 Å². The Balaban J connectivity index is 2.47. The van der Waals surface area contributed by atoms with Gasteiger partial charge >= 0.3 is 0 Å². The van der Waals surface area contributed by atoms with Gasteiger partial charge in [-0.1, -0.05) is 0 Å². The van der Waals surface area contributed by atoms with Crippen LogP contribution in [-0.4, -0.2) is 4.92 Å². The van der Waals surface area contributed by atoms with Crippen LogP contribution in [-0.2, 0) is 0 Å². The number of benzene rings is 2. The molecule has 0 unspecified atom stereocenters. The van der Waals surface area contributed by atoms with Crippen LogP contribution in [0, 0.1) is 10.1 Å². The van der Waals surface area contributed by atoms with Crippen LogP contribution in [0.2, 0.25) is 0 Å². The van der Waals surface area contributed by atoms with E-state index >= 15 is 0 Å². The van der Waals surface area contributed by atoms with Gasteiger partial charge in [-0.15, -0.1) is 0 Å². The molecule has 0 bridgehead atoms. The van der Waals surface area contributed by atoms with E-state index in [1.165, 1.54) is 18.2 Å². The lowest BCUT2D eigenvalue weighted by atomic mass is 10.1. The van der Waals surface area contributed by atoms with Crippen LogP contribution in [0.15, 0.2) is 45.6 Å². The second-order valence-corrected chi connectivity index (χ2v) is 4.12. The van der Waals surface area contributed by atoms with Crippen molar-refractivity contribution in [3.05, 3.63) is 56.7 Å². The Bertz CT molecular complexity index is 883. The molecule has 0 aliphatic heterocycles. The van der Waals surface area contributed by atoms with Gasteiger partial charge in [0, 0.05) is 23.9 Å². The van der Waals surface area contributed by atoms with Crippen molar-refractivity contribution >= 4 is 33.3 Å². The minimum atomic E-state index is -0.550. The summed E-state index contributed by atoms with van der Waals surface area (Å²) in [6, 6.07) is 8.62. The van der Waals surface area contributed by atoms with Crippen molar-refractivity contribution < 1.29 is 9.34 Å². The van der Waals surface area contributed by atoms with Gasteiger partial charge in [-0.25, -0.2) is 0 Å². The van der Waals surface area contributed by atoms with Gasteiger partial charge in [-0.3, -0.25) is 14.9 Å². The molecule has 0 aliphatic carbocycles. The van der Waals surface area contributed by atoms with Crippen molar-refractivity contribution in [2.24, 2.45) is 0 Å². The van der Waals surface area contributed by atoms with Gasteiger partial charge in [-0.05, 0) is 18.2 Å². The average molecular weight is 256 g/mol. The predicted octanol–water partition coefficient (Wildman–Crippen LogP) is 2.44. The Labute approximate surface area is 106 Å². The van der Waals surface area contributed by atoms with Gasteiger partial charge in [0.2, 0.25) is 5.43 Å². The van der Waals surface area contributed by atoms with Crippen LogP contribution in [0.3, 0.4) is 0 Å². The first-order chi connectivity index (χ1) is 9.06. The molecule has 2 aromatic carbocycles. The van der Waals surface area contributed by atoms with Gasteiger partial charge in [0.15, 0.2) is 0 Å². The van der Waals surface area contributed by atoms with Crippen molar-refractivity contribution in [2.45, 2.75) is 0 Å². The molecular weight excluding hydrogens is 248 g/mol. The Morgan fingerprint density at radius 3 is 2.58 bits per heavy atom. The third kappa shape index (κ3) is 1.70. The van der Waals surface area contributed by atoms with E-state index in [0.29, 0.717) is 22.2 Å². The number of hydrogen-bond acceptors (Lipinski definition) is 5. The predicted molar refractivity (Wildman–Crippen MR) is 71.1 cm³/mol. The smallest absolute Gasteiger partial charge is 0.270 e. The van der Waals surface area contributed by atoms with Crippen molar-refractivity contribution in [1.82, 2.24) is 0 Å². The number of nitro benzene ring substituents is 1. The molecule has 94 valence electrons. The number of nitro groups is 1. The second kappa shape index (κ2) is 3.81. The maximum Gasteiger partial charge on any atom is 0.270 e. The summed E-state index contributed by atoms with van der Waals surface area (Å²) in [5.74, 6) is 0. The Morgan fingerprint density at radius 1 is 1.05 bits per heavy atom. The SMILES string of the molecule is Nc1ccc2c(=O)c3cc([N+](=O)[O-])ccc3oc2c1. The summed E-state index contributed by atoms with van der Waals surface area (Å²) in [5.41, 5.74) is 6.33. The molecule has 6 nitrogen and oxygen atoms in total. The molecule has 1 aromatic heterocycles. The number of nitrogens with zero attached hydrogens (tertiary/aromatic N) is 1. The van der Waals surface area contributed by atoms with E-state index in [1.54, 1.807) is 18.2 Å². The molecule has 2 N–H and O–H groups in total. The van der Waals surface area contributed by atoms with Crippen LogP contribution in [0.4, 0.5) is 11.4 Å². The summed E-state index contributed by atoms with van der Waals surface area (Å²) in [5, 5.41) is 11.3. The zero-order valence-electron chi connectivity index (χ0n) is 9.62. The van der Waals surface area contributed by atoms with Crippen LogP contribution in [0.1, 0.15) is 0 Å². The van der Waals surface area contributed by atoms with Crippen molar-refractivity contribution in [3.8, 4) is 0 Å². The van der Waals surface area contributed by atoms with Crippen LogP contribution in [0.5, 0.6) is 0 Å². The molecule has 0 spiro atoms. The Kier molecular flexibility index (Phi) is 2.25. The first-order valence-corrected chi connectivity index (χ1v) is 5.47. The third-order valence-corrected chi connectivity index (χ3v) is 2.89. The fourth-order valence-electron chi connectivity index (χ4n) is 1.97. The average Bonchev–Trinajstić information content (AvgIpc) is 2.38. The van der Waals surface area contributed by atoms with Crippen LogP contribution in [0.25, 0.3) is 21.9 Å². The van der Waals surface area contributed by atoms with E-state index in [1.807, 2.05) is 0 Å². The summed E-state index contributed by atoms with van der Waals surface area (Å²) in [6.07, 6.45) is 0. The molecule has 0 radical (unpaired) electrons. The lowest BCUT2D eigenvalue weighted by molar-refractivity contribution is -0.384. The minimum absolute atomic E-state index is 0.144. The molecule has 0 aliphatic rings. The number of nitrogen functional groups attached to an aromatic ring is 1. The fourth-order valence-corrected chi connectivity index (χ4v) is 1.97. The molecule has 19 heavy (non-hydrogen) atoms. The van der Waals surface area contributed by atoms with E-state index in [9.17, 15) is 14.9 Å². The quantitative estimate of drug-likeness (QED) is 0.312. The molecule has 0 atom stereocenters. The molecule has 0 fully saturated rings.